The largest absolute Gasteiger partial charge is 0.491 e. The van der Waals surface area contributed by atoms with Crippen molar-refractivity contribution < 1.29 is 19.0 Å². The molecule has 1 aliphatic carbocycles. The molecule has 2 aromatic rings. The van der Waals surface area contributed by atoms with E-state index in [1.807, 2.05) is 54.6 Å². The topological polar surface area (TPSA) is 68.8 Å². The lowest BCUT2D eigenvalue weighted by Crippen LogP contribution is -2.49. The first kappa shape index (κ1) is 19.0. The van der Waals surface area contributed by atoms with Gasteiger partial charge in [-0.2, -0.15) is 0 Å². The molecule has 0 spiro atoms. The van der Waals surface area contributed by atoms with Crippen molar-refractivity contribution in [2.24, 2.45) is 0 Å². The quantitative estimate of drug-likeness (QED) is 0.661. The van der Waals surface area contributed by atoms with Gasteiger partial charge in [0.05, 0.1) is 6.61 Å². The summed E-state index contributed by atoms with van der Waals surface area (Å²) in [7, 11) is 1.65. The van der Waals surface area contributed by atoms with Crippen LogP contribution >= 0.6 is 0 Å². The maximum Gasteiger partial charge on any atom is 0.407 e. The molecule has 2 aromatic carbocycles. The van der Waals surface area contributed by atoms with E-state index in [9.17, 15) is 4.79 Å². The predicted molar refractivity (Wildman–Crippen MR) is 104 cm³/mol. The van der Waals surface area contributed by atoms with Gasteiger partial charge in [-0.25, -0.2) is 4.79 Å². The molecule has 0 aromatic heterocycles. The first-order chi connectivity index (χ1) is 13.2. The molecular formula is C21H26N2O4. The van der Waals surface area contributed by atoms with Gasteiger partial charge in [-0.1, -0.05) is 36.4 Å². The third-order valence-corrected chi connectivity index (χ3v) is 4.43. The summed E-state index contributed by atoms with van der Waals surface area (Å²) in [6.45, 7) is 1.38. The third kappa shape index (κ3) is 6.18. The van der Waals surface area contributed by atoms with Crippen molar-refractivity contribution in [3.8, 4) is 5.75 Å². The Morgan fingerprint density at radius 3 is 2.63 bits per heavy atom. The van der Waals surface area contributed by atoms with Gasteiger partial charge in [0.15, 0.2) is 0 Å². The number of nitrogens with one attached hydrogen (secondary N) is 2. The van der Waals surface area contributed by atoms with Crippen LogP contribution in [0.5, 0.6) is 5.75 Å². The fraction of sp³-hybridized carbons (Fsp3) is 0.381. The Morgan fingerprint density at radius 2 is 1.85 bits per heavy atom. The van der Waals surface area contributed by atoms with E-state index in [-0.39, 0.29) is 18.7 Å². The van der Waals surface area contributed by atoms with E-state index < -0.39 is 0 Å². The number of methoxy groups -OCH3 is 1. The highest BCUT2D eigenvalue weighted by Gasteiger charge is 2.30. The van der Waals surface area contributed by atoms with Crippen molar-refractivity contribution >= 4 is 11.8 Å². The second kappa shape index (κ2) is 9.83. The van der Waals surface area contributed by atoms with Crippen molar-refractivity contribution in [1.29, 1.82) is 0 Å². The second-order valence-electron chi connectivity index (χ2n) is 6.58. The maximum atomic E-state index is 11.9. The molecule has 0 radical (unpaired) electrons. The molecule has 0 heterocycles. The van der Waals surface area contributed by atoms with Gasteiger partial charge in [0.1, 0.15) is 19.0 Å². The smallest absolute Gasteiger partial charge is 0.407 e. The van der Waals surface area contributed by atoms with Gasteiger partial charge in [-0.3, -0.25) is 0 Å². The Bertz CT molecular complexity index is 717. The lowest BCUT2D eigenvalue weighted by atomic mass is 9.86. The Morgan fingerprint density at radius 1 is 1.04 bits per heavy atom. The van der Waals surface area contributed by atoms with E-state index in [2.05, 4.69) is 10.6 Å². The number of anilines is 1. The summed E-state index contributed by atoms with van der Waals surface area (Å²) in [5.41, 5.74) is 1.99. The highest BCUT2D eigenvalue weighted by atomic mass is 16.5. The summed E-state index contributed by atoms with van der Waals surface area (Å²) in [6.07, 6.45) is 1.38. The summed E-state index contributed by atoms with van der Waals surface area (Å²) < 4.78 is 15.9. The molecule has 1 saturated carbocycles. The minimum absolute atomic E-state index is 0.145. The first-order valence-corrected chi connectivity index (χ1v) is 9.18. The molecule has 6 heteroatoms. The highest BCUT2D eigenvalue weighted by molar-refractivity contribution is 5.67. The number of carbonyl (C=O) groups excluding carboxylic acids is 1. The summed E-state index contributed by atoms with van der Waals surface area (Å²) in [5.74, 6) is 0.815. The maximum absolute atomic E-state index is 11.9. The monoisotopic (exact) mass is 370 g/mol. The molecule has 144 valence electrons. The number of amides is 1. The Balaban J connectivity index is 1.35. The van der Waals surface area contributed by atoms with Crippen LogP contribution in [0.4, 0.5) is 10.5 Å². The normalized spacial score (nSPS) is 18.3. The van der Waals surface area contributed by atoms with Crippen LogP contribution in [0.2, 0.25) is 0 Å². The SMILES string of the molecule is COCCOc1cccc(NC2CC(NC(=O)OCc3ccccc3)C2)c1. The van der Waals surface area contributed by atoms with E-state index >= 15 is 0 Å². The third-order valence-electron chi connectivity index (χ3n) is 4.43. The molecular weight excluding hydrogens is 344 g/mol. The standard InChI is InChI=1S/C21H26N2O4/c1-25-10-11-26-20-9-5-8-17(14-20)22-18-12-19(13-18)23-21(24)27-15-16-6-3-2-4-7-16/h2-9,14,18-19,22H,10-13,15H2,1H3,(H,23,24). The van der Waals surface area contributed by atoms with Crippen LogP contribution in [0.3, 0.4) is 0 Å². The number of rotatable bonds is 9. The van der Waals surface area contributed by atoms with E-state index in [0.29, 0.717) is 19.3 Å². The van der Waals surface area contributed by atoms with Crippen molar-refractivity contribution in [1.82, 2.24) is 5.32 Å². The van der Waals surface area contributed by atoms with Crippen molar-refractivity contribution in [3.63, 3.8) is 0 Å². The molecule has 0 aliphatic heterocycles. The average molecular weight is 370 g/mol. The number of ether oxygens (including phenoxy) is 3. The lowest BCUT2D eigenvalue weighted by Gasteiger charge is -2.36. The van der Waals surface area contributed by atoms with Gasteiger partial charge in [0.2, 0.25) is 0 Å². The van der Waals surface area contributed by atoms with Crippen LogP contribution in [0.1, 0.15) is 18.4 Å². The van der Waals surface area contributed by atoms with Gasteiger partial charge >= 0.3 is 6.09 Å². The predicted octanol–water partition coefficient (Wildman–Crippen LogP) is 3.58. The Labute approximate surface area is 159 Å². The van der Waals surface area contributed by atoms with E-state index in [0.717, 1.165) is 29.8 Å². The fourth-order valence-corrected chi connectivity index (χ4v) is 2.94. The summed E-state index contributed by atoms with van der Waals surface area (Å²) in [4.78, 5) is 11.9. The van der Waals surface area contributed by atoms with Gasteiger partial charge in [0, 0.05) is 30.9 Å². The molecule has 2 N–H and O–H groups in total. The van der Waals surface area contributed by atoms with Gasteiger partial charge in [-0.05, 0) is 30.5 Å². The molecule has 3 rings (SSSR count). The van der Waals surface area contributed by atoms with Crippen LogP contribution in [0.25, 0.3) is 0 Å². The molecule has 0 saturated heterocycles. The zero-order chi connectivity index (χ0) is 18.9. The second-order valence-corrected chi connectivity index (χ2v) is 6.58. The minimum Gasteiger partial charge on any atom is -0.491 e. The van der Waals surface area contributed by atoms with Crippen molar-refractivity contribution in [2.45, 2.75) is 31.5 Å². The summed E-state index contributed by atoms with van der Waals surface area (Å²) >= 11 is 0. The molecule has 27 heavy (non-hydrogen) atoms. The minimum atomic E-state index is -0.365. The van der Waals surface area contributed by atoms with Crippen LogP contribution < -0.4 is 15.4 Å². The van der Waals surface area contributed by atoms with E-state index in [1.165, 1.54) is 0 Å². The molecule has 1 amide bonds. The molecule has 0 unspecified atom stereocenters. The van der Waals surface area contributed by atoms with E-state index in [1.54, 1.807) is 7.11 Å². The molecule has 1 aliphatic rings. The number of hydrogen-bond donors (Lipinski definition) is 2. The van der Waals surface area contributed by atoms with E-state index in [4.69, 9.17) is 14.2 Å². The molecule has 0 bridgehead atoms. The zero-order valence-corrected chi connectivity index (χ0v) is 15.5. The van der Waals surface area contributed by atoms with Crippen LogP contribution in [0, 0.1) is 0 Å². The average Bonchev–Trinajstić information content (AvgIpc) is 2.66. The Kier molecular flexibility index (Phi) is 6.93. The van der Waals surface area contributed by atoms with Gasteiger partial charge in [0.25, 0.3) is 0 Å². The fourth-order valence-electron chi connectivity index (χ4n) is 2.94. The zero-order valence-electron chi connectivity index (χ0n) is 15.5. The van der Waals surface area contributed by atoms with Gasteiger partial charge in [-0.15, -0.1) is 0 Å². The number of hydrogen-bond acceptors (Lipinski definition) is 5. The Hall–Kier alpha value is -2.73. The van der Waals surface area contributed by atoms with Crippen LogP contribution in [-0.2, 0) is 16.1 Å². The molecule has 6 nitrogen and oxygen atoms in total. The van der Waals surface area contributed by atoms with Crippen molar-refractivity contribution in [3.05, 3.63) is 60.2 Å². The number of carbonyl (C=O) groups is 1. The summed E-state index contributed by atoms with van der Waals surface area (Å²) in [6, 6.07) is 18.0. The highest BCUT2D eigenvalue weighted by Crippen LogP contribution is 2.26. The lowest BCUT2D eigenvalue weighted by molar-refractivity contribution is 0.129. The first-order valence-electron chi connectivity index (χ1n) is 9.18. The number of benzene rings is 2. The van der Waals surface area contributed by atoms with Crippen LogP contribution in [0.15, 0.2) is 54.6 Å². The molecule has 0 atom stereocenters. The summed E-state index contributed by atoms with van der Waals surface area (Å²) in [5, 5.41) is 6.38. The number of alkyl carbamates (subject to hydrolysis) is 1. The molecule has 1 fully saturated rings. The van der Waals surface area contributed by atoms with Crippen molar-refractivity contribution in [2.75, 3.05) is 25.6 Å². The van der Waals surface area contributed by atoms with Crippen LogP contribution in [-0.4, -0.2) is 38.5 Å². The van der Waals surface area contributed by atoms with Gasteiger partial charge < -0.3 is 24.8 Å².